The minimum Gasteiger partial charge on any atom is -0.259 e. The number of nitrogens with zero attached hydrogens (tertiary/aromatic N) is 2. The summed E-state index contributed by atoms with van der Waals surface area (Å²) in [4.78, 5) is 8.96. The molecule has 0 spiro atoms. The maximum atomic E-state index is 4.48. The van der Waals surface area contributed by atoms with Crippen molar-refractivity contribution in [3.05, 3.63) is 47.8 Å². The van der Waals surface area contributed by atoms with E-state index in [-0.39, 0.29) is 5.41 Å². The van der Waals surface area contributed by atoms with Crippen molar-refractivity contribution in [3.8, 4) is 0 Å². The van der Waals surface area contributed by atoms with E-state index < -0.39 is 0 Å². The van der Waals surface area contributed by atoms with Gasteiger partial charge in [0.2, 0.25) is 0 Å². The van der Waals surface area contributed by atoms with Crippen LogP contribution in [0.1, 0.15) is 38.4 Å². The number of fused-ring (bicyclic) bond motifs is 1. The third kappa shape index (κ3) is 1.55. The first-order valence-electron chi connectivity index (χ1n) is 6.00. The van der Waals surface area contributed by atoms with Gasteiger partial charge in [-0.1, -0.05) is 32.6 Å². The first-order chi connectivity index (χ1) is 8.19. The molecule has 0 saturated heterocycles. The Morgan fingerprint density at radius 1 is 1.53 bits per heavy atom. The summed E-state index contributed by atoms with van der Waals surface area (Å²) in [7, 11) is 0. The number of rotatable bonds is 3. The van der Waals surface area contributed by atoms with Gasteiger partial charge in [-0.3, -0.25) is 9.98 Å². The van der Waals surface area contributed by atoms with Gasteiger partial charge in [0.1, 0.15) is 0 Å². The van der Waals surface area contributed by atoms with E-state index >= 15 is 0 Å². The fourth-order valence-corrected chi connectivity index (χ4v) is 2.54. The van der Waals surface area contributed by atoms with E-state index in [0.717, 1.165) is 17.8 Å². The van der Waals surface area contributed by atoms with E-state index in [2.05, 4.69) is 36.5 Å². The molecule has 1 aromatic rings. The molecule has 1 aromatic heterocycles. The minimum absolute atomic E-state index is 0.00676. The van der Waals surface area contributed by atoms with Crippen molar-refractivity contribution in [1.82, 2.24) is 4.98 Å². The molecule has 0 aliphatic heterocycles. The van der Waals surface area contributed by atoms with Crippen molar-refractivity contribution in [2.24, 2.45) is 4.99 Å². The summed E-state index contributed by atoms with van der Waals surface area (Å²) < 4.78 is 0. The third-order valence-corrected chi connectivity index (χ3v) is 3.65. The Balaban J connectivity index is 2.76. The molecule has 0 amide bonds. The van der Waals surface area contributed by atoms with Gasteiger partial charge in [0.05, 0.1) is 11.4 Å². The summed E-state index contributed by atoms with van der Waals surface area (Å²) in [5, 5.41) is 0. The molecule has 2 heteroatoms. The largest absolute Gasteiger partial charge is 0.259 e. The van der Waals surface area contributed by atoms with Crippen molar-refractivity contribution in [2.45, 2.75) is 32.6 Å². The number of hydrogen-bond donors (Lipinski definition) is 0. The van der Waals surface area contributed by atoms with Crippen LogP contribution in [0.4, 0.5) is 0 Å². The quantitative estimate of drug-likeness (QED) is 0.720. The lowest BCUT2D eigenvalue weighted by molar-refractivity contribution is 0.558. The maximum absolute atomic E-state index is 4.48. The van der Waals surface area contributed by atoms with E-state index in [9.17, 15) is 0 Å². The van der Waals surface area contributed by atoms with Gasteiger partial charge in [-0.2, -0.15) is 0 Å². The van der Waals surface area contributed by atoms with Gasteiger partial charge >= 0.3 is 0 Å². The third-order valence-electron chi connectivity index (χ3n) is 3.65. The summed E-state index contributed by atoms with van der Waals surface area (Å²) in [6.07, 6.45) is 6.59. The smallest absolute Gasteiger partial charge is 0.0930 e. The highest BCUT2D eigenvalue weighted by Crippen LogP contribution is 2.48. The van der Waals surface area contributed by atoms with Crippen molar-refractivity contribution in [2.75, 3.05) is 0 Å². The highest BCUT2D eigenvalue weighted by Gasteiger charge is 2.39. The minimum atomic E-state index is -0.00676. The SMILES string of the molecule is C=CC1=C(N=CC)c2ncccc2C1(C)CC. The lowest BCUT2D eigenvalue weighted by Crippen LogP contribution is -2.20. The Morgan fingerprint density at radius 3 is 2.88 bits per heavy atom. The van der Waals surface area contributed by atoms with Crippen LogP contribution in [0.3, 0.4) is 0 Å². The van der Waals surface area contributed by atoms with Crippen LogP contribution in [-0.2, 0) is 5.41 Å². The summed E-state index contributed by atoms with van der Waals surface area (Å²) in [6.45, 7) is 10.3. The fraction of sp³-hybridized carbons (Fsp3) is 0.333. The molecule has 2 rings (SSSR count). The molecule has 1 heterocycles. The van der Waals surface area contributed by atoms with Gasteiger partial charge in [0.25, 0.3) is 0 Å². The van der Waals surface area contributed by atoms with Gasteiger partial charge < -0.3 is 0 Å². The summed E-state index contributed by atoms with van der Waals surface area (Å²) in [5.74, 6) is 0. The molecule has 1 atom stereocenters. The van der Waals surface area contributed by atoms with Crippen LogP contribution in [0.2, 0.25) is 0 Å². The molecule has 0 fully saturated rings. The van der Waals surface area contributed by atoms with Crippen LogP contribution < -0.4 is 0 Å². The molecule has 1 aliphatic rings. The molecule has 0 aromatic carbocycles. The summed E-state index contributed by atoms with van der Waals surface area (Å²) in [5.41, 5.74) is 4.42. The van der Waals surface area contributed by atoms with Gasteiger partial charge in [-0.15, -0.1) is 0 Å². The van der Waals surface area contributed by atoms with Gasteiger partial charge in [-0.05, 0) is 30.5 Å². The first kappa shape index (κ1) is 11.8. The van der Waals surface area contributed by atoms with Crippen LogP contribution in [0.5, 0.6) is 0 Å². The van der Waals surface area contributed by atoms with Crippen molar-refractivity contribution in [1.29, 1.82) is 0 Å². The number of allylic oxidation sites excluding steroid dienone is 2. The monoisotopic (exact) mass is 226 g/mol. The van der Waals surface area contributed by atoms with Gasteiger partial charge in [-0.25, -0.2) is 0 Å². The zero-order valence-corrected chi connectivity index (χ0v) is 10.7. The zero-order valence-electron chi connectivity index (χ0n) is 10.7. The van der Waals surface area contributed by atoms with E-state index in [4.69, 9.17) is 0 Å². The predicted molar refractivity (Wildman–Crippen MR) is 73.2 cm³/mol. The number of aliphatic imine (C=N–C) groups is 1. The van der Waals surface area contributed by atoms with Crippen molar-refractivity contribution >= 4 is 11.9 Å². The lowest BCUT2D eigenvalue weighted by Gasteiger charge is -2.25. The van der Waals surface area contributed by atoms with Crippen molar-refractivity contribution < 1.29 is 0 Å². The molecular formula is C15H18N2. The Morgan fingerprint density at radius 2 is 2.29 bits per heavy atom. The lowest BCUT2D eigenvalue weighted by atomic mass is 9.77. The summed E-state index contributed by atoms with van der Waals surface area (Å²) >= 11 is 0. The first-order valence-corrected chi connectivity index (χ1v) is 6.00. The highest BCUT2D eigenvalue weighted by atomic mass is 14.8. The van der Waals surface area contributed by atoms with E-state index in [1.165, 1.54) is 11.1 Å². The molecule has 0 bridgehead atoms. The average molecular weight is 226 g/mol. The Kier molecular flexibility index (Phi) is 2.97. The molecule has 1 unspecified atom stereocenters. The number of aromatic nitrogens is 1. The van der Waals surface area contributed by atoms with Crippen LogP contribution in [0.15, 0.2) is 41.6 Å². The summed E-state index contributed by atoms with van der Waals surface area (Å²) in [6, 6.07) is 4.14. The Labute approximate surface area is 103 Å². The van der Waals surface area contributed by atoms with Gasteiger partial charge in [0, 0.05) is 17.8 Å². The second-order valence-electron chi connectivity index (χ2n) is 4.44. The second-order valence-corrected chi connectivity index (χ2v) is 4.44. The Hall–Kier alpha value is -1.70. The van der Waals surface area contributed by atoms with E-state index in [1.807, 2.05) is 31.5 Å². The molecule has 0 saturated carbocycles. The van der Waals surface area contributed by atoms with Crippen molar-refractivity contribution in [3.63, 3.8) is 0 Å². The molecule has 0 radical (unpaired) electrons. The van der Waals surface area contributed by atoms with Crippen LogP contribution in [0.25, 0.3) is 5.70 Å². The van der Waals surface area contributed by atoms with Crippen LogP contribution >= 0.6 is 0 Å². The van der Waals surface area contributed by atoms with E-state index in [0.29, 0.717) is 0 Å². The van der Waals surface area contributed by atoms with Crippen LogP contribution in [0, 0.1) is 0 Å². The topological polar surface area (TPSA) is 25.2 Å². The zero-order chi connectivity index (χ0) is 12.5. The maximum Gasteiger partial charge on any atom is 0.0930 e. The Bertz CT molecular complexity index is 511. The predicted octanol–water partition coefficient (Wildman–Crippen LogP) is 3.75. The molecule has 2 nitrogen and oxygen atoms in total. The molecular weight excluding hydrogens is 208 g/mol. The standard InChI is InChI=1S/C15H18N2/c1-5-11-13(16-7-3)14-12(9-8-10-17-14)15(11,4)6-2/h5,7-10H,1,6H2,2-4H3. The normalized spacial score (nSPS) is 23.2. The molecule has 0 N–H and O–H groups in total. The molecule has 1 aliphatic carbocycles. The van der Waals surface area contributed by atoms with Crippen LogP contribution in [-0.4, -0.2) is 11.2 Å². The van der Waals surface area contributed by atoms with Gasteiger partial charge in [0.15, 0.2) is 0 Å². The fourth-order valence-electron chi connectivity index (χ4n) is 2.54. The molecule has 17 heavy (non-hydrogen) atoms. The highest BCUT2D eigenvalue weighted by molar-refractivity contribution is 5.83. The molecule has 88 valence electrons. The average Bonchev–Trinajstić information content (AvgIpc) is 2.61. The number of hydrogen-bond acceptors (Lipinski definition) is 2. The van der Waals surface area contributed by atoms with E-state index in [1.54, 1.807) is 0 Å². The second kappa shape index (κ2) is 4.28. The number of pyridine rings is 1.